The van der Waals surface area contributed by atoms with Gasteiger partial charge in [0.1, 0.15) is 5.76 Å². The van der Waals surface area contributed by atoms with Crippen molar-refractivity contribution < 1.29 is 14.3 Å². The molecule has 1 atom stereocenters. The maximum atomic E-state index is 10.7. The second kappa shape index (κ2) is 5.51. The molecule has 1 unspecified atom stereocenters. The second-order valence-corrected chi connectivity index (χ2v) is 4.10. The van der Waals surface area contributed by atoms with Crippen molar-refractivity contribution in [2.75, 3.05) is 0 Å². The zero-order chi connectivity index (χ0) is 13.0. The van der Waals surface area contributed by atoms with Crippen LogP contribution in [0.2, 0.25) is 0 Å². The summed E-state index contributed by atoms with van der Waals surface area (Å²) in [5.74, 6) is -0.446. The Morgan fingerprint density at radius 1 is 1.28 bits per heavy atom. The Kier molecular flexibility index (Phi) is 3.79. The molecule has 94 valence electrons. The lowest BCUT2D eigenvalue weighted by molar-refractivity contribution is 0.0659. The first-order valence-corrected chi connectivity index (χ1v) is 5.77. The Labute approximate surface area is 105 Å². The van der Waals surface area contributed by atoms with Crippen molar-refractivity contribution in [1.82, 2.24) is 5.32 Å². The van der Waals surface area contributed by atoms with Crippen LogP contribution in [0.15, 0.2) is 46.9 Å². The average molecular weight is 245 g/mol. The number of rotatable bonds is 5. The van der Waals surface area contributed by atoms with Gasteiger partial charge in [-0.2, -0.15) is 0 Å². The van der Waals surface area contributed by atoms with Gasteiger partial charge in [0.05, 0.1) is 6.04 Å². The monoisotopic (exact) mass is 245 g/mol. The van der Waals surface area contributed by atoms with E-state index in [1.807, 2.05) is 37.3 Å². The van der Waals surface area contributed by atoms with Crippen LogP contribution in [-0.2, 0) is 6.54 Å². The standard InChI is InChI=1S/C14H15NO3/c1-10(12-7-8-13(18-12)14(16)17)15-9-11-5-3-2-4-6-11/h2-8,10,15H,9H2,1H3,(H,16,17). The molecule has 0 saturated carbocycles. The van der Waals surface area contributed by atoms with Crippen LogP contribution in [-0.4, -0.2) is 11.1 Å². The fraction of sp³-hybridized carbons (Fsp3) is 0.214. The van der Waals surface area contributed by atoms with Gasteiger partial charge in [0.25, 0.3) is 0 Å². The number of hydrogen-bond acceptors (Lipinski definition) is 3. The van der Waals surface area contributed by atoms with Crippen molar-refractivity contribution in [2.24, 2.45) is 0 Å². The number of aromatic carboxylic acids is 1. The van der Waals surface area contributed by atoms with Gasteiger partial charge in [-0.1, -0.05) is 30.3 Å². The number of carboxylic acid groups (broad SMARTS) is 1. The number of hydrogen-bond donors (Lipinski definition) is 2. The molecule has 0 saturated heterocycles. The average Bonchev–Trinajstić information content (AvgIpc) is 2.87. The van der Waals surface area contributed by atoms with E-state index in [0.29, 0.717) is 12.3 Å². The molecule has 2 N–H and O–H groups in total. The molecular weight excluding hydrogens is 230 g/mol. The summed E-state index contributed by atoms with van der Waals surface area (Å²) in [6, 6.07) is 13.1. The fourth-order valence-corrected chi connectivity index (χ4v) is 1.67. The minimum atomic E-state index is -1.04. The van der Waals surface area contributed by atoms with Crippen LogP contribution in [0.3, 0.4) is 0 Å². The molecule has 0 amide bonds. The molecule has 2 rings (SSSR count). The van der Waals surface area contributed by atoms with Crippen molar-refractivity contribution in [3.63, 3.8) is 0 Å². The maximum absolute atomic E-state index is 10.7. The number of benzene rings is 1. The van der Waals surface area contributed by atoms with Gasteiger partial charge >= 0.3 is 5.97 Å². The van der Waals surface area contributed by atoms with Crippen LogP contribution in [0, 0.1) is 0 Å². The molecule has 1 aromatic heterocycles. The van der Waals surface area contributed by atoms with E-state index < -0.39 is 5.97 Å². The number of carbonyl (C=O) groups is 1. The van der Waals surface area contributed by atoms with E-state index >= 15 is 0 Å². The number of furan rings is 1. The molecule has 1 heterocycles. The SMILES string of the molecule is CC(NCc1ccccc1)c1ccc(C(=O)O)o1. The summed E-state index contributed by atoms with van der Waals surface area (Å²) in [4.78, 5) is 10.7. The van der Waals surface area contributed by atoms with E-state index in [4.69, 9.17) is 9.52 Å². The molecule has 1 aromatic carbocycles. The summed E-state index contributed by atoms with van der Waals surface area (Å²) in [7, 11) is 0. The van der Waals surface area contributed by atoms with E-state index in [0.717, 1.165) is 0 Å². The van der Waals surface area contributed by atoms with Gasteiger partial charge < -0.3 is 14.8 Å². The largest absolute Gasteiger partial charge is 0.475 e. The third kappa shape index (κ3) is 2.99. The molecule has 4 heteroatoms. The lowest BCUT2D eigenvalue weighted by Crippen LogP contribution is -2.17. The quantitative estimate of drug-likeness (QED) is 0.850. The van der Waals surface area contributed by atoms with Gasteiger partial charge in [-0.25, -0.2) is 4.79 Å². The first kappa shape index (κ1) is 12.4. The molecule has 0 radical (unpaired) electrons. The summed E-state index contributed by atoms with van der Waals surface area (Å²) < 4.78 is 5.23. The Morgan fingerprint density at radius 2 is 2.00 bits per heavy atom. The fourth-order valence-electron chi connectivity index (χ4n) is 1.67. The van der Waals surface area contributed by atoms with Gasteiger partial charge in [-0.15, -0.1) is 0 Å². The lowest BCUT2D eigenvalue weighted by Gasteiger charge is -2.11. The number of nitrogens with one attached hydrogen (secondary N) is 1. The zero-order valence-electron chi connectivity index (χ0n) is 10.1. The van der Waals surface area contributed by atoms with Crippen molar-refractivity contribution in [3.8, 4) is 0 Å². The van der Waals surface area contributed by atoms with E-state index in [1.165, 1.54) is 11.6 Å². The van der Waals surface area contributed by atoms with E-state index in [2.05, 4.69) is 5.32 Å². The molecule has 0 aliphatic rings. The molecule has 18 heavy (non-hydrogen) atoms. The van der Waals surface area contributed by atoms with Crippen molar-refractivity contribution in [2.45, 2.75) is 19.5 Å². The van der Waals surface area contributed by atoms with Crippen molar-refractivity contribution in [3.05, 3.63) is 59.5 Å². The number of carboxylic acids is 1. The normalized spacial score (nSPS) is 12.3. The second-order valence-electron chi connectivity index (χ2n) is 4.10. The van der Waals surface area contributed by atoms with Crippen LogP contribution in [0.1, 0.15) is 34.8 Å². The highest BCUT2D eigenvalue weighted by atomic mass is 16.4. The zero-order valence-corrected chi connectivity index (χ0v) is 10.1. The topological polar surface area (TPSA) is 62.5 Å². The van der Waals surface area contributed by atoms with Gasteiger partial charge in [0, 0.05) is 6.54 Å². The smallest absolute Gasteiger partial charge is 0.371 e. The van der Waals surface area contributed by atoms with Gasteiger partial charge in [-0.3, -0.25) is 0 Å². The van der Waals surface area contributed by atoms with Crippen LogP contribution in [0.25, 0.3) is 0 Å². The molecule has 0 spiro atoms. The van der Waals surface area contributed by atoms with E-state index in [1.54, 1.807) is 6.07 Å². The molecule has 2 aromatic rings. The summed E-state index contributed by atoms with van der Waals surface area (Å²) in [6.07, 6.45) is 0. The molecule has 0 aliphatic heterocycles. The third-order valence-electron chi connectivity index (χ3n) is 2.72. The molecule has 0 fully saturated rings. The van der Waals surface area contributed by atoms with Gasteiger partial charge in [0.15, 0.2) is 0 Å². The van der Waals surface area contributed by atoms with Gasteiger partial charge in [-0.05, 0) is 24.6 Å². The summed E-state index contributed by atoms with van der Waals surface area (Å²) in [5.41, 5.74) is 1.18. The molecule has 0 aliphatic carbocycles. The van der Waals surface area contributed by atoms with Crippen LogP contribution < -0.4 is 5.32 Å². The van der Waals surface area contributed by atoms with Crippen molar-refractivity contribution in [1.29, 1.82) is 0 Å². The summed E-state index contributed by atoms with van der Waals surface area (Å²) >= 11 is 0. The highest BCUT2D eigenvalue weighted by molar-refractivity contribution is 5.84. The predicted molar refractivity (Wildman–Crippen MR) is 67.4 cm³/mol. The summed E-state index contributed by atoms with van der Waals surface area (Å²) in [5, 5.41) is 12.1. The van der Waals surface area contributed by atoms with Crippen LogP contribution in [0.4, 0.5) is 0 Å². The molecular formula is C14H15NO3. The maximum Gasteiger partial charge on any atom is 0.371 e. The van der Waals surface area contributed by atoms with Crippen LogP contribution in [0.5, 0.6) is 0 Å². The lowest BCUT2D eigenvalue weighted by atomic mass is 10.2. The first-order chi connectivity index (χ1) is 8.66. The Bertz CT molecular complexity index is 519. The minimum absolute atomic E-state index is 0.0293. The van der Waals surface area contributed by atoms with Gasteiger partial charge in [0.2, 0.25) is 5.76 Å². The summed E-state index contributed by atoms with van der Waals surface area (Å²) in [6.45, 7) is 2.65. The Hall–Kier alpha value is -2.07. The predicted octanol–water partition coefficient (Wildman–Crippen LogP) is 2.83. The molecule has 4 nitrogen and oxygen atoms in total. The minimum Gasteiger partial charge on any atom is -0.475 e. The Morgan fingerprint density at radius 3 is 2.61 bits per heavy atom. The highest BCUT2D eigenvalue weighted by Gasteiger charge is 2.13. The highest BCUT2D eigenvalue weighted by Crippen LogP contribution is 2.16. The third-order valence-corrected chi connectivity index (χ3v) is 2.72. The van der Waals surface area contributed by atoms with Crippen molar-refractivity contribution >= 4 is 5.97 Å². The Balaban J connectivity index is 1.95. The van der Waals surface area contributed by atoms with Crippen LogP contribution >= 0.6 is 0 Å². The van der Waals surface area contributed by atoms with E-state index in [9.17, 15) is 4.79 Å². The van der Waals surface area contributed by atoms with E-state index in [-0.39, 0.29) is 11.8 Å². The first-order valence-electron chi connectivity index (χ1n) is 5.77. The molecule has 0 bridgehead atoms.